The number of nitrogens with one attached hydrogen (secondary N) is 1. The van der Waals surface area contributed by atoms with Crippen molar-refractivity contribution in [2.45, 2.75) is 30.1 Å². The van der Waals surface area contributed by atoms with E-state index >= 15 is 0 Å². The Labute approximate surface area is 170 Å². The fourth-order valence-electron chi connectivity index (χ4n) is 2.99. The number of carboxylic acids is 1. The predicted molar refractivity (Wildman–Crippen MR) is 109 cm³/mol. The Hall–Kier alpha value is -1.77. The minimum Gasteiger partial charge on any atom is -0.476 e. The van der Waals surface area contributed by atoms with Crippen LogP contribution in [-0.2, 0) is 4.79 Å². The number of halogens is 1. The summed E-state index contributed by atoms with van der Waals surface area (Å²) in [5.41, 5.74) is 2.06. The van der Waals surface area contributed by atoms with E-state index in [0.29, 0.717) is 29.6 Å². The average molecular weight is 426 g/mol. The van der Waals surface area contributed by atoms with Crippen molar-refractivity contribution in [2.75, 3.05) is 24.2 Å². The van der Waals surface area contributed by atoms with Crippen LogP contribution in [0.5, 0.6) is 0 Å². The van der Waals surface area contributed by atoms with Crippen molar-refractivity contribution < 1.29 is 14.7 Å². The molecule has 1 aliphatic rings. The quantitative estimate of drug-likeness (QED) is 0.622. The molecule has 2 N–H and O–H groups in total. The van der Waals surface area contributed by atoms with Crippen molar-refractivity contribution in [3.05, 3.63) is 39.9 Å². The Morgan fingerprint density at radius 3 is 3.07 bits per heavy atom. The molecule has 2 heterocycles. The fraction of sp³-hybridized carbons (Fsp3) is 0.389. The summed E-state index contributed by atoms with van der Waals surface area (Å²) >= 11 is 8.96. The molecule has 144 valence electrons. The number of amides is 1. The standard InChI is InChI=1S/C18H20ClN3O3S2/c1-11-13(19)3-2-4-14(11)20-9-12-5-6-16(23)22(12)7-8-26-18-21-15(10-27-18)17(24)25/h2-4,10,12,20H,5-9H2,1H3,(H,24,25). The first-order valence-electron chi connectivity index (χ1n) is 8.56. The third-order valence-corrected chi connectivity index (χ3v) is 6.92. The molecule has 1 aromatic carbocycles. The van der Waals surface area contributed by atoms with E-state index in [0.717, 1.165) is 22.7 Å². The molecule has 27 heavy (non-hydrogen) atoms. The monoisotopic (exact) mass is 425 g/mol. The van der Waals surface area contributed by atoms with Crippen molar-refractivity contribution in [1.82, 2.24) is 9.88 Å². The lowest BCUT2D eigenvalue weighted by Gasteiger charge is -2.25. The molecule has 1 saturated heterocycles. The van der Waals surface area contributed by atoms with Crippen molar-refractivity contribution >= 4 is 52.3 Å². The van der Waals surface area contributed by atoms with E-state index in [2.05, 4.69) is 10.3 Å². The highest BCUT2D eigenvalue weighted by atomic mass is 35.5. The van der Waals surface area contributed by atoms with Crippen LogP contribution in [0.4, 0.5) is 5.69 Å². The molecule has 1 aliphatic heterocycles. The summed E-state index contributed by atoms with van der Waals surface area (Å²) in [6.45, 7) is 3.27. The number of carbonyl (C=O) groups excluding carboxylic acids is 1. The van der Waals surface area contributed by atoms with E-state index < -0.39 is 5.97 Å². The van der Waals surface area contributed by atoms with Gasteiger partial charge in [-0.15, -0.1) is 11.3 Å². The van der Waals surface area contributed by atoms with E-state index in [1.165, 1.54) is 28.5 Å². The largest absolute Gasteiger partial charge is 0.476 e. The number of thiazole rings is 1. The molecular weight excluding hydrogens is 406 g/mol. The Bertz CT molecular complexity index is 843. The van der Waals surface area contributed by atoms with Gasteiger partial charge in [0, 0.05) is 47.4 Å². The van der Waals surface area contributed by atoms with Crippen molar-refractivity contribution in [2.24, 2.45) is 0 Å². The normalized spacial score (nSPS) is 16.7. The lowest BCUT2D eigenvalue weighted by atomic mass is 10.1. The Morgan fingerprint density at radius 1 is 1.52 bits per heavy atom. The van der Waals surface area contributed by atoms with Gasteiger partial charge < -0.3 is 15.3 Å². The predicted octanol–water partition coefficient (Wildman–Crippen LogP) is 4.00. The van der Waals surface area contributed by atoms with Gasteiger partial charge in [-0.05, 0) is 31.0 Å². The lowest BCUT2D eigenvalue weighted by molar-refractivity contribution is -0.128. The number of rotatable bonds is 8. The number of carboxylic acid groups (broad SMARTS) is 1. The van der Waals surface area contributed by atoms with Crippen molar-refractivity contribution in [1.29, 1.82) is 0 Å². The van der Waals surface area contributed by atoms with Crippen LogP contribution in [0.15, 0.2) is 27.9 Å². The zero-order valence-corrected chi connectivity index (χ0v) is 17.2. The van der Waals surface area contributed by atoms with Crippen LogP contribution < -0.4 is 5.32 Å². The molecule has 0 saturated carbocycles. The molecule has 0 spiro atoms. The highest BCUT2D eigenvalue weighted by Crippen LogP contribution is 2.26. The van der Waals surface area contributed by atoms with Gasteiger partial charge in [-0.1, -0.05) is 29.4 Å². The maximum atomic E-state index is 12.2. The van der Waals surface area contributed by atoms with E-state index in [4.69, 9.17) is 16.7 Å². The number of aromatic carboxylic acids is 1. The zero-order chi connectivity index (χ0) is 19.4. The summed E-state index contributed by atoms with van der Waals surface area (Å²) < 4.78 is 0.711. The summed E-state index contributed by atoms with van der Waals surface area (Å²) in [5.74, 6) is -0.170. The number of carbonyl (C=O) groups is 2. The van der Waals surface area contributed by atoms with Crippen LogP contribution in [0.3, 0.4) is 0 Å². The SMILES string of the molecule is Cc1c(Cl)cccc1NCC1CCC(=O)N1CCSc1nc(C(=O)O)cs1. The topological polar surface area (TPSA) is 82.5 Å². The number of aromatic nitrogens is 1. The van der Waals surface area contributed by atoms with Gasteiger partial charge in [-0.25, -0.2) is 9.78 Å². The first-order chi connectivity index (χ1) is 13.0. The molecule has 0 aliphatic carbocycles. The molecule has 2 aromatic rings. The molecule has 1 aromatic heterocycles. The van der Waals surface area contributed by atoms with Crippen LogP contribution >= 0.6 is 34.7 Å². The first-order valence-corrected chi connectivity index (χ1v) is 10.8. The second-order valence-electron chi connectivity index (χ2n) is 6.23. The van der Waals surface area contributed by atoms with Crippen LogP contribution in [-0.4, -0.2) is 51.8 Å². The molecule has 0 bridgehead atoms. The van der Waals surface area contributed by atoms with Gasteiger partial charge in [-0.3, -0.25) is 4.79 Å². The van der Waals surface area contributed by atoms with Gasteiger partial charge >= 0.3 is 5.97 Å². The van der Waals surface area contributed by atoms with Crippen LogP contribution in [0.25, 0.3) is 0 Å². The average Bonchev–Trinajstić information content (AvgIpc) is 3.24. The number of thioether (sulfide) groups is 1. The van der Waals surface area contributed by atoms with E-state index in [9.17, 15) is 9.59 Å². The number of hydrogen-bond acceptors (Lipinski definition) is 6. The zero-order valence-electron chi connectivity index (χ0n) is 14.8. The van der Waals surface area contributed by atoms with Crippen LogP contribution in [0.1, 0.15) is 28.9 Å². The van der Waals surface area contributed by atoms with E-state index in [1.54, 1.807) is 0 Å². The Morgan fingerprint density at radius 2 is 2.33 bits per heavy atom. The molecule has 9 heteroatoms. The minimum atomic E-state index is -1.02. The number of benzene rings is 1. The minimum absolute atomic E-state index is 0.0683. The molecular formula is C18H20ClN3O3S2. The molecule has 6 nitrogen and oxygen atoms in total. The van der Waals surface area contributed by atoms with Gasteiger partial charge in [-0.2, -0.15) is 0 Å². The first kappa shape index (κ1) is 20.0. The lowest BCUT2D eigenvalue weighted by Crippen LogP contribution is -2.39. The smallest absolute Gasteiger partial charge is 0.355 e. The highest BCUT2D eigenvalue weighted by Gasteiger charge is 2.30. The Kier molecular flexibility index (Phi) is 6.62. The number of anilines is 1. The summed E-state index contributed by atoms with van der Waals surface area (Å²) in [5, 5.41) is 14.6. The maximum Gasteiger partial charge on any atom is 0.355 e. The second kappa shape index (κ2) is 8.95. The summed E-state index contributed by atoms with van der Waals surface area (Å²) in [6, 6.07) is 5.90. The number of likely N-dealkylation sites (tertiary alicyclic amines) is 1. The molecule has 1 amide bonds. The molecule has 1 unspecified atom stereocenters. The summed E-state index contributed by atoms with van der Waals surface area (Å²) in [4.78, 5) is 29.1. The van der Waals surface area contributed by atoms with Crippen molar-refractivity contribution in [3.63, 3.8) is 0 Å². The molecule has 3 rings (SSSR count). The van der Waals surface area contributed by atoms with Gasteiger partial charge in [0.15, 0.2) is 10.0 Å². The van der Waals surface area contributed by atoms with Gasteiger partial charge in [0.25, 0.3) is 0 Å². The van der Waals surface area contributed by atoms with Gasteiger partial charge in [0.2, 0.25) is 5.91 Å². The highest BCUT2D eigenvalue weighted by molar-refractivity contribution is 8.01. The molecule has 1 atom stereocenters. The number of nitrogens with zero attached hydrogens (tertiary/aromatic N) is 2. The van der Waals surface area contributed by atoms with Crippen LogP contribution in [0.2, 0.25) is 5.02 Å². The summed E-state index contributed by atoms with van der Waals surface area (Å²) in [6.07, 6.45) is 1.39. The summed E-state index contributed by atoms with van der Waals surface area (Å²) in [7, 11) is 0. The van der Waals surface area contributed by atoms with Gasteiger partial charge in [0.1, 0.15) is 0 Å². The molecule has 0 radical (unpaired) electrons. The van der Waals surface area contributed by atoms with Crippen LogP contribution in [0, 0.1) is 6.92 Å². The van der Waals surface area contributed by atoms with Gasteiger partial charge in [0.05, 0.1) is 0 Å². The van der Waals surface area contributed by atoms with E-state index in [-0.39, 0.29) is 17.6 Å². The Balaban J connectivity index is 1.52. The van der Waals surface area contributed by atoms with E-state index in [1.807, 2.05) is 30.0 Å². The molecule has 1 fully saturated rings. The number of hydrogen-bond donors (Lipinski definition) is 2. The second-order valence-corrected chi connectivity index (χ2v) is 8.83. The third-order valence-electron chi connectivity index (χ3n) is 4.51. The fourth-order valence-corrected chi connectivity index (χ4v) is 4.98. The maximum absolute atomic E-state index is 12.2. The van der Waals surface area contributed by atoms with Crippen molar-refractivity contribution in [3.8, 4) is 0 Å². The third kappa shape index (κ3) is 4.94.